The van der Waals surface area contributed by atoms with Gasteiger partial charge in [-0.1, -0.05) is 40.2 Å². The number of rotatable bonds is 3. The number of piperazine rings is 1. The standard InChI is InChI=1S/C20H17BrFN3O/c21-17-5-3-4-15(13-17)12-16(14-23)20(26)25-10-8-24(9-11-25)19-7-2-1-6-18(19)22/h1-7,12-13H,8-11H2/b16-12+. The van der Waals surface area contributed by atoms with Crippen LogP contribution in [-0.4, -0.2) is 37.0 Å². The van der Waals surface area contributed by atoms with Crippen molar-refractivity contribution >= 4 is 33.6 Å². The van der Waals surface area contributed by atoms with Gasteiger partial charge in [-0.3, -0.25) is 4.79 Å². The van der Waals surface area contributed by atoms with E-state index in [1.165, 1.54) is 6.07 Å². The summed E-state index contributed by atoms with van der Waals surface area (Å²) < 4.78 is 14.8. The number of benzene rings is 2. The number of carbonyl (C=O) groups excluding carboxylic acids is 1. The molecule has 1 aliphatic heterocycles. The molecule has 4 nitrogen and oxygen atoms in total. The molecule has 2 aromatic rings. The summed E-state index contributed by atoms with van der Waals surface area (Å²) in [4.78, 5) is 16.2. The Morgan fingerprint density at radius 3 is 2.50 bits per heavy atom. The lowest BCUT2D eigenvalue weighted by molar-refractivity contribution is -0.126. The molecule has 1 heterocycles. The molecule has 0 bridgehead atoms. The Morgan fingerprint density at radius 1 is 1.12 bits per heavy atom. The molecule has 3 rings (SSSR count). The van der Waals surface area contributed by atoms with Crippen LogP contribution in [-0.2, 0) is 4.79 Å². The van der Waals surface area contributed by atoms with E-state index in [0.29, 0.717) is 31.9 Å². The van der Waals surface area contributed by atoms with Crippen LogP contribution < -0.4 is 4.90 Å². The van der Waals surface area contributed by atoms with Crippen LogP contribution in [0.15, 0.2) is 58.6 Å². The van der Waals surface area contributed by atoms with Crippen molar-refractivity contribution in [2.45, 2.75) is 0 Å². The molecule has 1 amide bonds. The molecule has 0 radical (unpaired) electrons. The minimum Gasteiger partial charge on any atom is -0.366 e. The molecule has 0 saturated carbocycles. The number of anilines is 1. The molecular weight excluding hydrogens is 397 g/mol. The van der Waals surface area contributed by atoms with Crippen molar-refractivity contribution in [3.8, 4) is 6.07 Å². The highest BCUT2D eigenvalue weighted by Crippen LogP contribution is 2.21. The number of carbonyl (C=O) groups is 1. The van der Waals surface area contributed by atoms with Gasteiger partial charge in [-0.15, -0.1) is 0 Å². The van der Waals surface area contributed by atoms with E-state index in [1.807, 2.05) is 35.2 Å². The topological polar surface area (TPSA) is 47.3 Å². The molecule has 26 heavy (non-hydrogen) atoms. The van der Waals surface area contributed by atoms with Gasteiger partial charge in [-0.2, -0.15) is 5.26 Å². The summed E-state index contributed by atoms with van der Waals surface area (Å²) in [6.45, 7) is 1.96. The van der Waals surface area contributed by atoms with Crippen LogP contribution in [0.25, 0.3) is 6.08 Å². The van der Waals surface area contributed by atoms with Gasteiger partial charge in [0.2, 0.25) is 0 Å². The first kappa shape index (κ1) is 18.2. The highest BCUT2D eigenvalue weighted by molar-refractivity contribution is 9.10. The summed E-state index contributed by atoms with van der Waals surface area (Å²) in [7, 11) is 0. The number of hydrogen-bond donors (Lipinski definition) is 0. The van der Waals surface area contributed by atoms with Crippen molar-refractivity contribution in [3.05, 3.63) is 70.0 Å². The quantitative estimate of drug-likeness (QED) is 0.567. The summed E-state index contributed by atoms with van der Waals surface area (Å²) in [5.41, 5.74) is 1.43. The molecule has 132 valence electrons. The zero-order valence-corrected chi connectivity index (χ0v) is 15.6. The van der Waals surface area contributed by atoms with Crippen LogP contribution in [0, 0.1) is 17.1 Å². The minimum atomic E-state index is -0.291. The van der Waals surface area contributed by atoms with Gasteiger partial charge in [0, 0.05) is 30.7 Å². The van der Waals surface area contributed by atoms with Gasteiger partial charge in [-0.05, 0) is 35.9 Å². The first-order valence-electron chi connectivity index (χ1n) is 8.24. The molecule has 1 aliphatic rings. The number of nitrogens with zero attached hydrogens (tertiary/aromatic N) is 3. The van der Waals surface area contributed by atoms with Crippen LogP contribution in [0.1, 0.15) is 5.56 Å². The molecule has 0 N–H and O–H groups in total. The predicted octanol–water partition coefficient (Wildman–Crippen LogP) is 3.84. The Labute approximate surface area is 160 Å². The fourth-order valence-electron chi connectivity index (χ4n) is 2.93. The van der Waals surface area contributed by atoms with Gasteiger partial charge in [0.1, 0.15) is 17.5 Å². The van der Waals surface area contributed by atoms with E-state index >= 15 is 0 Å². The Balaban J connectivity index is 1.69. The maximum atomic E-state index is 13.9. The SMILES string of the molecule is N#C/C(=C\c1cccc(Br)c1)C(=O)N1CCN(c2ccccc2F)CC1. The molecule has 0 aliphatic carbocycles. The van der Waals surface area contributed by atoms with E-state index in [-0.39, 0.29) is 17.3 Å². The Bertz CT molecular complexity index is 883. The minimum absolute atomic E-state index is 0.0995. The number of nitriles is 1. The Morgan fingerprint density at radius 2 is 1.85 bits per heavy atom. The predicted molar refractivity (Wildman–Crippen MR) is 103 cm³/mol. The molecule has 6 heteroatoms. The zero-order valence-electron chi connectivity index (χ0n) is 14.0. The summed E-state index contributed by atoms with van der Waals surface area (Å²) in [6.07, 6.45) is 1.59. The number of halogens is 2. The van der Waals surface area contributed by atoms with Gasteiger partial charge in [0.15, 0.2) is 0 Å². The van der Waals surface area contributed by atoms with Crippen molar-refractivity contribution in [1.29, 1.82) is 5.26 Å². The van der Waals surface area contributed by atoms with E-state index in [2.05, 4.69) is 15.9 Å². The largest absolute Gasteiger partial charge is 0.366 e. The first-order chi connectivity index (χ1) is 12.6. The Kier molecular flexibility index (Phi) is 5.69. The Hall–Kier alpha value is -2.65. The second kappa shape index (κ2) is 8.15. The third-order valence-electron chi connectivity index (χ3n) is 4.27. The van der Waals surface area contributed by atoms with Crippen LogP contribution in [0.3, 0.4) is 0 Å². The lowest BCUT2D eigenvalue weighted by atomic mass is 10.1. The molecule has 0 atom stereocenters. The summed E-state index contributed by atoms with van der Waals surface area (Å²) in [5, 5.41) is 9.39. The van der Waals surface area contributed by atoms with Crippen LogP contribution in [0.2, 0.25) is 0 Å². The third kappa shape index (κ3) is 4.12. The van der Waals surface area contributed by atoms with E-state index < -0.39 is 0 Å². The molecule has 0 spiro atoms. The van der Waals surface area contributed by atoms with Crippen LogP contribution in [0.4, 0.5) is 10.1 Å². The van der Waals surface area contributed by atoms with Gasteiger partial charge in [0.25, 0.3) is 5.91 Å². The first-order valence-corrected chi connectivity index (χ1v) is 9.04. The second-order valence-corrected chi connectivity index (χ2v) is 6.87. The van der Waals surface area contributed by atoms with E-state index in [0.717, 1.165) is 10.0 Å². The summed E-state index contributed by atoms with van der Waals surface area (Å²) in [6, 6.07) is 16.0. The van der Waals surface area contributed by atoms with Gasteiger partial charge < -0.3 is 9.80 Å². The summed E-state index contributed by atoms with van der Waals surface area (Å²) >= 11 is 3.38. The second-order valence-electron chi connectivity index (χ2n) is 5.96. The number of para-hydroxylation sites is 1. The average Bonchev–Trinajstić information content (AvgIpc) is 2.66. The van der Waals surface area contributed by atoms with E-state index in [9.17, 15) is 14.4 Å². The maximum Gasteiger partial charge on any atom is 0.264 e. The molecule has 1 fully saturated rings. The van der Waals surface area contributed by atoms with Crippen molar-refractivity contribution in [3.63, 3.8) is 0 Å². The fourth-order valence-corrected chi connectivity index (χ4v) is 3.35. The third-order valence-corrected chi connectivity index (χ3v) is 4.76. The number of hydrogen-bond acceptors (Lipinski definition) is 3. The molecule has 1 saturated heterocycles. The van der Waals surface area contributed by atoms with Crippen molar-refractivity contribution < 1.29 is 9.18 Å². The molecular formula is C20H17BrFN3O. The molecule has 0 unspecified atom stereocenters. The summed E-state index contributed by atoms with van der Waals surface area (Å²) in [5.74, 6) is -0.555. The highest BCUT2D eigenvalue weighted by atomic mass is 79.9. The normalized spacial score (nSPS) is 14.9. The lowest BCUT2D eigenvalue weighted by Gasteiger charge is -2.36. The zero-order chi connectivity index (χ0) is 18.5. The van der Waals surface area contributed by atoms with Crippen molar-refractivity contribution in [1.82, 2.24) is 4.90 Å². The van der Waals surface area contributed by atoms with E-state index in [1.54, 1.807) is 29.2 Å². The monoisotopic (exact) mass is 413 g/mol. The number of amides is 1. The van der Waals surface area contributed by atoms with Crippen molar-refractivity contribution in [2.75, 3.05) is 31.1 Å². The van der Waals surface area contributed by atoms with Gasteiger partial charge >= 0.3 is 0 Å². The lowest BCUT2D eigenvalue weighted by Crippen LogP contribution is -2.49. The average molecular weight is 414 g/mol. The van der Waals surface area contributed by atoms with Crippen LogP contribution in [0.5, 0.6) is 0 Å². The van der Waals surface area contributed by atoms with E-state index in [4.69, 9.17) is 0 Å². The smallest absolute Gasteiger partial charge is 0.264 e. The fraction of sp³-hybridized carbons (Fsp3) is 0.200. The van der Waals surface area contributed by atoms with Gasteiger partial charge in [0.05, 0.1) is 5.69 Å². The maximum absolute atomic E-state index is 13.9. The van der Waals surface area contributed by atoms with Crippen LogP contribution >= 0.6 is 15.9 Å². The molecule has 2 aromatic carbocycles. The van der Waals surface area contributed by atoms with Gasteiger partial charge in [-0.25, -0.2) is 4.39 Å². The highest BCUT2D eigenvalue weighted by Gasteiger charge is 2.24. The van der Waals surface area contributed by atoms with Crippen molar-refractivity contribution in [2.24, 2.45) is 0 Å². The molecule has 0 aromatic heterocycles.